The molecule has 0 unspecified atom stereocenters. The van der Waals surface area contributed by atoms with Gasteiger partial charge in [0.1, 0.15) is 11.6 Å². The van der Waals surface area contributed by atoms with E-state index < -0.39 is 5.91 Å². The summed E-state index contributed by atoms with van der Waals surface area (Å²) in [5.74, 6) is 1.88. The molecule has 4 saturated carbocycles. The van der Waals surface area contributed by atoms with Gasteiger partial charge in [0.25, 0.3) is 5.91 Å². The number of hydrazine groups is 1. The number of ether oxygens (including phenoxy) is 1. The molecule has 0 aliphatic heterocycles. The third kappa shape index (κ3) is 3.84. The Labute approximate surface area is 152 Å². The van der Waals surface area contributed by atoms with Crippen molar-refractivity contribution >= 4 is 11.8 Å². The fraction of sp³-hybridized carbons (Fsp3) is 0.600. The van der Waals surface area contributed by atoms with Gasteiger partial charge in [-0.05, 0) is 86.0 Å². The van der Waals surface area contributed by atoms with Gasteiger partial charge in [0.2, 0.25) is 5.91 Å². The van der Waals surface area contributed by atoms with E-state index in [0.29, 0.717) is 12.2 Å². The Morgan fingerprint density at radius 2 is 1.50 bits per heavy atom. The number of carbonyl (C=O) groups is 2. The van der Waals surface area contributed by atoms with Crippen LogP contribution in [-0.4, -0.2) is 18.4 Å². The fourth-order valence-electron chi connectivity index (χ4n) is 5.75. The van der Waals surface area contributed by atoms with E-state index in [9.17, 15) is 14.0 Å². The zero-order valence-corrected chi connectivity index (χ0v) is 14.8. The molecule has 0 atom stereocenters. The van der Waals surface area contributed by atoms with Gasteiger partial charge in [-0.15, -0.1) is 0 Å². The molecule has 1 aromatic rings. The van der Waals surface area contributed by atoms with Gasteiger partial charge in [0.05, 0.1) is 0 Å². The van der Waals surface area contributed by atoms with Crippen LogP contribution in [-0.2, 0) is 9.59 Å². The van der Waals surface area contributed by atoms with E-state index in [2.05, 4.69) is 10.9 Å². The van der Waals surface area contributed by atoms with Crippen molar-refractivity contribution in [2.75, 3.05) is 6.61 Å². The lowest BCUT2D eigenvalue weighted by molar-refractivity contribution is -0.134. The highest BCUT2D eigenvalue weighted by molar-refractivity contribution is 5.83. The van der Waals surface area contributed by atoms with E-state index in [1.54, 1.807) is 0 Å². The van der Waals surface area contributed by atoms with Crippen molar-refractivity contribution in [1.29, 1.82) is 0 Å². The highest BCUT2D eigenvalue weighted by Gasteiger charge is 2.51. The molecule has 140 valence electrons. The molecule has 0 saturated heterocycles. The molecule has 5 rings (SSSR count). The molecule has 4 aliphatic carbocycles. The predicted octanol–water partition coefficient (Wildman–Crippen LogP) is 2.96. The smallest absolute Gasteiger partial charge is 0.276 e. The Morgan fingerprint density at radius 1 is 0.962 bits per heavy atom. The molecule has 0 aromatic heterocycles. The van der Waals surface area contributed by atoms with Crippen LogP contribution in [0, 0.1) is 29.0 Å². The van der Waals surface area contributed by atoms with Crippen LogP contribution in [0.3, 0.4) is 0 Å². The summed E-state index contributed by atoms with van der Waals surface area (Å²) in [5, 5.41) is 0. The first-order valence-corrected chi connectivity index (χ1v) is 9.46. The second kappa shape index (κ2) is 6.89. The number of amides is 2. The molecule has 4 aliphatic rings. The Morgan fingerprint density at radius 3 is 2.08 bits per heavy atom. The molecule has 26 heavy (non-hydrogen) atoms. The lowest BCUT2D eigenvalue weighted by Crippen LogP contribution is -2.50. The zero-order valence-electron chi connectivity index (χ0n) is 14.8. The van der Waals surface area contributed by atoms with Crippen LogP contribution in [0.4, 0.5) is 4.39 Å². The molecular weight excluding hydrogens is 335 g/mol. The normalized spacial score (nSPS) is 31.5. The number of nitrogens with one attached hydrogen (secondary N) is 2. The molecule has 0 spiro atoms. The molecule has 5 nitrogen and oxygen atoms in total. The molecule has 4 fully saturated rings. The van der Waals surface area contributed by atoms with E-state index in [1.807, 2.05) is 0 Å². The zero-order chi connectivity index (χ0) is 18.1. The summed E-state index contributed by atoms with van der Waals surface area (Å²) in [6, 6.07) is 5.43. The molecule has 1 aromatic carbocycles. The Balaban J connectivity index is 1.21. The number of rotatable bonds is 5. The average Bonchev–Trinajstić information content (AvgIpc) is 2.58. The van der Waals surface area contributed by atoms with Gasteiger partial charge in [0.15, 0.2) is 6.61 Å². The molecule has 0 heterocycles. The third-order valence-corrected chi connectivity index (χ3v) is 6.23. The van der Waals surface area contributed by atoms with Crippen molar-refractivity contribution in [2.24, 2.45) is 23.2 Å². The van der Waals surface area contributed by atoms with Crippen LogP contribution in [0.5, 0.6) is 5.75 Å². The van der Waals surface area contributed by atoms with Gasteiger partial charge < -0.3 is 4.74 Å². The van der Waals surface area contributed by atoms with Gasteiger partial charge in [0, 0.05) is 6.42 Å². The van der Waals surface area contributed by atoms with Crippen molar-refractivity contribution in [1.82, 2.24) is 10.9 Å². The fourth-order valence-corrected chi connectivity index (χ4v) is 5.75. The van der Waals surface area contributed by atoms with Crippen molar-refractivity contribution in [3.8, 4) is 5.75 Å². The predicted molar refractivity (Wildman–Crippen MR) is 93.4 cm³/mol. The van der Waals surface area contributed by atoms with E-state index in [0.717, 1.165) is 37.0 Å². The molecule has 0 radical (unpaired) electrons. The largest absolute Gasteiger partial charge is 0.484 e. The van der Waals surface area contributed by atoms with Crippen LogP contribution >= 0.6 is 0 Å². The van der Waals surface area contributed by atoms with Crippen LogP contribution in [0.2, 0.25) is 0 Å². The summed E-state index contributed by atoms with van der Waals surface area (Å²) >= 11 is 0. The summed E-state index contributed by atoms with van der Waals surface area (Å²) in [7, 11) is 0. The highest BCUT2D eigenvalue weighted by atomic mass is 19.1. The van der Waals surface area contributed by atoms with Crippen LogP contribution in [0.15, 0.2) is 24.3 Å². The molecule has 4 bridgehead atoms. The standard InChI is InChI=1S/C20H25FN2O3/c21-16-1-3-17(4-2-16)26-12-19(25)23-22-18(24)11-20-8-13-5-14(9-20)7-15(6-13)10-20/h1-4,13-15H,5-12H2,(H,22,24)(H,23,25). The van der Waals surface area contributed by atoms with Crippen molar-refractivity contribution < 1.29 is 18.7 Å². The summed E-state index contributed by atoms with van der Waals surface area (Å²) in [4.78, 5) is 24.2. The Bertz CT molecular complexity index is 654. The van der Waals surface area contributed by atoms with Gasteiger partial charge >= 0.3 is 0 Å². The molecule has 2 N–H and O–H groups in total. The number of hydrogen-bond acceptors (Lipinski definition) is 3. The van der Waals surface area contributed by atoms with Crippen molar-refractivity contribution in [3.05, 3.63) is 30.1 Å². The second-order valence-corrected chi connectivity index (χ2v) is 8.43. The monoisotopic (exact) mass is 360 g/mol. The maximum Gasteiger partial charge on any atom is 0.276 e. The first-order valence-electron chi connectivity index (χ1n) is 9.46. The van der Waals surface area contributed by atoms with E-state index in [-0.39, 0.29) is 23.7 Å². The molecule has 2 amide bonds. The topological polar surface area (TPSA) is 67.4 Å². The van der Waals surface area contributed by atoms with E-state index in [1.165, 1.54) is 43.5 Å². The molecular formula is C20H25FN2O3. The highest BCUT2D eigenvalue weighted by Crippen LogP contribution is 2.61. The van der Waals surface area contributed by atoms with Gasteiger partial charge in [-0.1, -0.05) is 0 Å². The summed E-state index contributed by atoms with van der Waals surface area (Å²) in [6.45, 7) is -0.233. The van der Waals surface area contributed by atoms with Gasteiger partial charge in [-0.3, -0.25) is 20.4 Å². The quantitative estimate of drug-likeness (QED) is 0.794. The Hall–Kier alpha value is -2.11. The SMILES string of the molecule is O=C(COc1ccc(F)cc1)NNC(=O)CC12CC3CC(CC(C3)C1)C2. The van der Waals surface area contributed by atoms with Crippen molar-refractivity contribution in [3.63, 3.8) is 0 Å². The van der Waals surface area contributed by atoms with E-state index >= 15 is 0 Å². The minimum atomic E-state index is -0.437. The summed E-state index contributed by atoms with van der Waals surface area (Å²) in [6.07, 6.45) is 8.01. The van der Waals surface area contributed by atoms with Crippen LogP contribution in [0.1, 0.15) is 44.9 Å². The van der Waals surface area contributed by atoms with Gasteiger partial charge in [-0.2, -0.15) is 0 Å². The number of benzene rings is 1. The van der Waals surface area contributed by atoms with E-state index in [4.69, 9.17) is 4.74 Å². The number of hydrogen-bond donors (Lipinski definition) is 2. The molecule has 6 heteroatoms. The first-order chi connectivity index (χ1) is 12.5. The Kier molecular flexibility index (Phi) is 4.59. The van der Waals surface area contributed by atoms with Crippen LogP contribution < -0.4 is 15.6 Å². The lowest BCUT2D eigenvalue weighted by Gasteiger charge is -2.56. The summed E-state index contributed by atoms with van der Waals surface area (Å²) in [5.41, 5.74) is 5.08. The maximum absolute atomic E-state index is 12.8. The maximum atomic E-state index is 12.8. The van der Waals surface area contributed by atoms with Crippen molar-refractivity contribution in [2.45, 2.75) is 44.9 Å². The number of halogens is 1. The van der Waals surface area contributed by atoms with Crippen LogP contribution in [0.25, 0.3) is 0 Å². The minimum absolute atomic E-state index is 0.123. The lowest BCUT2D eigenvalue weighted by atomic mass is 9.49. The third-order valence-electron chi connectivity index (χ3n) is 6.23. The number of carbonyl (C=O) groups excluding carboxylic acids is 2. The average molecular weight is 360 g/mol. The van der Waals surface area contributed by atoms with Gasteiger partial charge in [-0.25, -0.2) is 4.39 Å². The summed E-state index contributed by atoms with van der Waals surface area (Å²) < 4.78 is 18.1. The first kappa shape index (κ1) is 17.3. The second-order valence-electron chi connectivity index (χ2n) is 8.43. The minimum Gasteiger partial charge on any atom is -0.484 e.